The molecule has 1 N–H and O–H groups in total. The topological polar surface area (TPSA) is 57.7 Å². The number of hydrogen-bond donors (Lipinski definition) is 1. The van der Waals surface area contributed by atoms with E-state index in [-0.39, 0.29) is 5.91 Å². The smallest absolute Gasteiger partial charge is 0.251 e. The van der Waals surface area contributed by atoms with Crippen molar-refractivity contribution in [3.63, 3.8) is 0 Å². The maximum absolute atomic E-state index is 12.5. The molecule has 0 aliphatic carbocycles. The van der Waals surface area contributed by atoms with E-state index in [2.05, 4.69) is 47.2 Å². The van der Waals surface area contributed by atoms with E-state index in [9.17, 15) is 4.79 Å². The second kappa shape index (κ2) is 12.2. The van der Waals surface area contributed by atoms with E-state index in [1.165, 1.54) is 23.1 Å². The molecular formula is C27H36N4O2S. The third-order valence-corrected chi connectivity index (χ3v) is 7.44. The van der Waals surface area contributed by atoms with Crippen molar-refractivity contribution in [2.45, 2.75) is 39.5 Å². The zero-order valence-electron chi connectivity index (χ0n) is 20.4. The minimum absolute atomic E-state index is 0.0302. The van der Waals surface area contributed by atoms with E-state index >= 15 is 0 Å². The number of anilines is 1. The summed E-state index contributed by atoms with van der Waals surface area (Å²) in [6, 6.07) is 13.9. The predicted octanol–water partition coefficient (Wildman–Crippen LogP) is 4.98. The van der Waals surface area contributed by atoms with E-state index < -0.39 is 0 Å². The summed E-state index contributed by atoms with van der Waals surface area (Å²) in [5.74, 6) is 0.793. The van der Waals surface area contributed by atoms with Crippen LogP contribution in [0.4, 0.5) is 5.13 Å². The summed E-state index contributed by atoms with van der Waals surface area (Å²) < 4.78 is 7.00. The van der Waals surface area contributed by atoms with Gasteiger partial charge in [-0.3, -0.25) is 9.69 Å². The number of carbonyl (C=O) groups excluding carboxylic acids is 1. The highest BCUT2D eigenvalue weighted by molar-refractivity contribution is 7.22. The van der Waals surface area contributed by atoms with Gasteiger partial charge in [-0.2, -0.15) is 0 Å². The van der Waals surface area contributed by atoms with Crippen molar-refractivity contribution in [3.05, 3.63) is 53.6 Å². The highest BCUT2D eigenvalue weighted by Crippen LogP contribution is 2.31. The summed E-state index contributed by atoms with van der Waals surface area (Å²) in [6.07, 6.45) is 4.43. The molecule has 182 valence electrons. The van der Waals surface area contributed by atoms with Crippen LogP contribution in [0, 0.1) is 0 Å². The Bertz CT molecular complexity index is 1060. The molecule has 1 aromatic heterocycles. The second-order valence-electron chi connectivity index (χ2n) is 8.78. The zero-order valence-corrected chi connectivity index (χ0v) is 21.2. The molecule has 7 heteroatoms. The molecule has 2 aromatic carbocycles. The fourth-order valence-corrected chi connectivity index (χ4v) is 5.32. The number of aryl methyl sites for hydroxylation is 1. The lowest BCUT2D eigenvalue weighted by atomic mass is 10.1. The van der Waals surface area contributed by atoms with Crippen LogP contribution in [0.25, 0.3) is 10.2 Å². The third kappa shape index (κ3) is 6.27. The molecule has 0 atom stereocenters. The number of nitrogens with one attached hydrogen (secondary N) is 1. The van der Waals surface area contributed by atoms with Gasteiger partial charge in [0.25, 0.3) is 5.91 Å². The first kappa shape index (κ1) is 24.5. The van der Waals surface area contributed by atoms with Crippen LogP contribution in [0.1, 0.15) is 49.0 Å². The van der Waals surface area contributed by atoms with Gasteiger partial charge in [-0.1, -0.05) is 50.2 Å². The third-order valence-electron chi connectivity index (χ3n) is 6.36. The summed E-state index contributed by atoms with van der Waals surface area (Å²) in [4.78, 5) is 22.2. The number of rotatable bonds is 11. The number of para-hydroxylation sites is 1. The second-order valence-corrected chi connectivity index (χ2v) is 9.79. The largest absolute Gasteiger partial charge is 0.494 e. The zero-order chi connectivity index (χ0) is 23.8. The lowest BCUT2D eigenvalue weighted by Crippen LogP contribution is -2.48. The Morgan fingerprint density at radius 1 is 1.06 bits per heavy atom. The normalized spacial score (nSPS) is 14.5. The van der Waals surface area contributed by atoms with E-state index in [1.807, 2.05) is 24.3 Å². The molecular weight excluding hydrogens is 444 g/mol. The number of nitrogens with zero attached hydrogens (tertiary/aromatic N) is 3. The van der Waals surface area contributed by atoms with Crippen LogP contribution >= 0.6 is 11.3 Å². The number of piperazine rings is 1. The van der Waals surface area contributed by atoms with Gasteiger partial charge in [0.2, 0.25) is 0 Å². The van der Waals surface area contributed by atoms with Gasteiger partial charge in [-0.15, -0.1) is 0 Å². The molecule has 0 unspecified atom stereocenters. The Morgan fingerprint density at radius 3 is 2.59 bits per heavy atom. The number of hydrogen-bond acceptors (Lipinski definition) is 6. The Hall–Kier alpha value is -2.64. The number of ether oxygens (including phenoxy) is 1. The van der Waals surface area contributed by atoms with Gasteiger partial charge in [0, 0.05) is 44.8 Å². The molecule has 0 saturated carbocycles. The van der Waals surface area contributed by atoms with Crippen LogP contribution in [0.5, 0.6) is 5.75 Å². The SMILES string of the molecule is CCCCCOc1ccc(C(=O)NCCN2CCN(c3nc4c(CC)cccc4s3)CC2)cc1. The van der Waals surface area contributed by atoms with Gasteiger partial charge >= 0.3 is 0 Å². The van der Waals surface area contributed by atoms with Gasteiger partial charge in [0.1, 0.15) is 5.75 Å². The first-order valence-corrected chi connectivity index (χ1v) is 13.4. The fraction of sp³-hybridized carbons (Fsp3) is 0.481. The number of amides is 1. The summed E-state index contributed by atoms with van der Waals surface area (Å²) in [7, 11) is 0. The molecule has 1 fully saturated rings. The molecule has 0 spiro atoms. The molecule has 1 saturated heterocycles. The number of benzene rings is 2. The quantitative estimate of drug-likeness (QED) is 0.392. The number of carbonyl (C=O) groups is 1. The van der Waals surface area contributed by atoms with Crippen molar-refractivity contribution in [1.29, 1.82) is 0 Å². The van der Waals surface area contributed by atoms with Crippen molar-refractivity contribution in [3.8, 4) is 5.75 Å². The average Bonchev–Trinajstić information content (AvgIpc) is 3.32. The average molecular weight is 481 g/mol. The molecule has 34 heavy (non-hydrogen) atoms. The lowest BCUT2D eigenvalue weighted by Gasteiger charge is -2.34. The molecule has 3 aromatic rings. The number of fused-ring (bicyclic) bond motifs is 1. The van der Waals surface area contributed by atoms with Crippen molar-refractivity contribution in [1.82, 2.24) is 15.2 Å². The van der Waals surface area contributed by atoms with Crippen LogP contribution in [-0.2, 0) is 6.42 Å². The van der Waals surface area contributed by atoms with Crippen LogP contribution in [0.3, 0.4) is 0 Å². The van der Waals surface area contributed by atoms with Crippen molar-refractivity contribution in [2.24, 2.45) is 0 Å². The van der Waals surface area contributed by atoms with Crippen LogP contribution in [0.2, 0.25) is 0 Å². The highest BCUT2D eigenvalue weighted by Gasteiger charge is 2.20. The maximum Gasteiger partial charge on any atom is 0.251 e. The molecule has 1 aliphatic rings. The Kier molecular flexibility index (Phi) is 8.77. The van der Waals surface area contributed by atoms with E-state index in [0.29, 0.717) is 12.1 Å². The minimum Gasteiger partial charge on any atom is -0.494 e. The molecule has 2 heterocycles. The van der Waals surface area contributed by atoms with Gasteiger partial charge in [-0.05, 0) is 48.7 Å². The summed E-state index contributed by atoms with van der Waals surface area (Å²) in [6.45, 7) is 10.5. The van der Waals surface area contributed by atoms with E-state index in [1.54, 1.807) is 11.3 Å². The predicted molar refractivity (Wildman–Crippen MR) is 141 cm³/mol. The Labute approximate surface area is 206 Å². The van der Waals surface area contributed by atoms with Gasteiger partial charge in [-0.25, -0.2) is 4.98 Å². The maximum atomic E-state index is 12.5. The van der Waals surface area contributed by atoms with Gasteiger partial charge in [0.05, 0.1) is 16.8 Å². The summed E-state index contributed by atoms with van der Waals surface area (Å²) >= 11 is 1.79. The van der Waals surface area contributed by atoms with Crippen molar-refractivity contribution in [2.75, 3.05) is 50.8 Å². The highest BCUT2D eigenvalue weighted by atomic mass is 32.1. The van der Waals surface area contributed by atoms with Gasteiger partial charge < -0.3 is 15.0 Å². The standard InChI is InChI=1S/C27H36N4O2S/c1-3-5-6-20-33-23-12-10-22(11-13-23)26(32)28-14-15-30-16-18-31(19-17-30)27-29-25-21(4-2)8-7-9-24(25)34-27/h7-13H,3-6,14-20H2,1-2H3,(H,28,32). The molecule has 0 radical (unpaired) electrons. The first-order chi connectivity index (χ1) is 16.7. The van der Waals surface area contributed by atoms with E-state index in [0.717, 1.165) is 68.6 Å². The summed E-state index contributed by atoms with van der Waals surface area (Å²) in [5, 5.41) is 4.18. The lowest BCUT2D eigenvalue weighted by molar-refractivity contribution is 0.0947. The monoisotopic (exact) mass is 480 g/mol. The molecule has 4 rings (SSSR count). The molecule has 6 nitrogen and oxygen atoms in total. The number of aromatic nitrogens is 1. The number of unbranched alkanes of at least 4 members (excludes halogenated alkanes) is 2. The minimum atomic E-state index is -0.0302. The fourth-order valence-electron chi connectivity index (χ4n) is 4.25. The Balaban J connectivity index is 1.18. The van der Waals surface area contributed by atoms with E-state index in [4.69, 9.17) is 9.72 Å². The van der Waals surface area contributed by atoms with Crippen LogP contribution in [0.15, 0.2) is 42.5 Å². The molecule has 0 bridgehead atoms. The first-order valence-electron chi connectivity index (χ1n) is 12.5. The van der Waals surface area contributed by atoms with Crippen LogP contribution < -0.4 is 15.0 Å². The number of thiazole rings is 1. The molecule has 1 amide bonds. The van der Waals surface area contributed by atoms with Crippen LogP contribution in [-0.4, -0.2) is 61.7 Å². The Morgan fingerprint density at radius 2 is 1.85 bits per heavy atom. The van der Waals surface area contributed by atoms with Crippen molar-refractivity contribution < 1.29 is 9.53 Å². The van der Waals surface area contributed by atoms with Gasteiger partial charge in [0.15, 0.2) is 5.13 Å². The van der Waals surface area contributed by atoms with Crippen molar-refractivity contribution >= 4 is 32.6 Å². The summed E-state index contributed by atoms with van der Waals surface area (Å²) in [5.41, 5.74) is 3.16. The molecule has 1 aliphatic heterocycles.